The van der Waals surface area contributed by atoms with Crippen LogP contribution in [0.25, 0.3) is 0 Å². The van der Waals surface area contributed by atoms with Crippen molar-refractivity contribution in [2.45, 2.75) is 25.4 Å². The molecule has 0 N–H and O–H groups in total. The van der Waals surface area contributed by atoms with Gasteiger partial charge >= 0.3 is 0 Å². The Morgan fingerprint density at radius 1 is 1.12 bits per heavy atom. The van der Waals surface area contributed by atoms with Gasteiger partial charge in [-0.2, -0.15) is 0 Å². The number of fused-ring (bicyclic) bond motifs is 4. The van der Waals surface area contributed by atoms with Gasteiger partial charge in [-0.3, -0.25) is 9.78 Å². The zero-order valence-electron chi connectivity index (χ0n) is 13.4. The molecule has 0 aliphatic carbocycles. The van der Waals surface area contributed by atoms with Crippen LogP contribution in [0.2, 0.25) is 0 Å². The predicted molar refractivity (Wildman–Crippen MR) is 89.9 cm³/mol. The van der Waals surface area contributed by atoms with Crippen LogP contribution in [0.5, 0.6) is 0 Å². The van der Waals surface area contributed by atoms with Crippen molar-refractivity contribution in [1.82, 2.24) is 9.88 Å². The smallest absolute Gasteiger partial charge is 0.228 e. The van der Waals surface area contributed by atoms with E-state index < -0.39 is 0 Å². The number of hydrogen-bond acceptors (Lipinski definition) is 3. The molecule has 0 radical (unpaired) electrons. The molecule has 0 spiro atoms. The van der Waals surface area contributed by atoms with E-state index in [1.54, 1.807) is 12.3 Å². The van der Waals surface area contributed by atoms with E-state index >= 15 is 0 Å². The number of benzene rings is 1. The largest absolute Gasteiger partial charge is 0.366 e. The third-order valence-electron chi connectivity index (χ3n) is 5.08. The van der Waals surface area contributed by atoms with E-state index in [9.17, 15) is 9.18 Å². The van der Waals surface area contributed by atoms with E-state index in [0.717, 1.165) is 18.4 Å². The van der Waals surface area contributed by atoms with Gasteiger partial charge in [0.05, 0.1) is 17.8 Å². The van der Waals surface area contributed by atoms with Gasteiger partial charge < -0.3 is 9.80 Å². The molecule has 3 aliphatic heterocycles. The van der Waals surface area contributed by atoms with Gasteiger partial charge in [-0.1, -0.05) is 30.3 Å². The summed E-state index contributed by atoms with van der Waals surface area (Å²) >= 11 is 0. The molecule has 2 atom stereocenters. The van der Waals surface area contributed by atoms with Crippen LogP contribution in [-0.4, -0.2) is 34.9 Å². The van der Waals surface area contributed by atoms with Crippen LogP contribution in [0.1, 0.15) is 18.4 Å². The van der Waals surface area contributed by atoms with Crippen molar-refractivity contribution in [3.8, 4) is 0 Å². The maximum Gasteiger partial charge on any atom is 0.228 e. The second kappa shape index (κ2) is 6.23. The molecule has 1 aromatic heterocycles. The van der Waals surface area contributed by atoms with Gasteiger partial charge in [0.1, 0.15) is 0 Å². The monoisotopic (exact) mass is 325 g/mol. The van der Waals surface area contributed by atoms with Crippen LogP contribution in [0.15, 0.2) is 48.8 Å². The number of aromatic nitrogens is 1. The van der Waals surface area contributed by atoms with Crippen LogP contribution in [0, 0.1) is 11.7 Å². The van der Waals surface area contributed by atoms with Crippen LogP contribution in [0.4, 0.5) is 10.1 Å². The Morgan fingerprint density at radius 3 is 2.75 bits per heavy atom. The lowest BCUT2D eigenvalue weighted by molar-refractivity contribution is -0.140. The number of halogens is 1. The third kappa shape index (κ3) is 2.75. The molecule has 3 saturated heterocycles. The number of anilines is 1. The van der Waals surface area contributed by atoms with Crippen molar-refractivity contribution in [3.05, 3.63) is 60.2 Å². The van der Waals surface area contributed by atoms with Gasteiger partial charge in [-0.05, 0) is 24.5 Å². The molecule has 3 fully saturated rings. The van der Waals surface area contributed by atoms with Gasteiger partial charge in [0.2, 0.25) is 5.91 Å². The highest BCUT2D eigenvalue weighted by atomic mass is 19.1. The zero-order valence-corrected chi connectivity index (χ0v) is 13.4. The van der Waals surface area contributed by atoms with Crippen LogP contribution in [0.3, 0.4) is 0 Å². The number of pyridine rings is 1. The topological polar surface area (TPSA) is 36.4 Å². The van der Waals surface area contributed by atoms with Crippen LogP contribution < -0.4 is 4.90 Å². The lowest BCUT2D eigenvalue weighted by Gasteiger charge is -2.36. The summed E-state index contributed by atoms with van der Waals surface area (Å²) in [5.74, 6) is -0.173. The first-order chi connectivity index (χ1) is 11.7. The van der Waals surface area contributed by atoms with Crippen molar-refractivity contribution in [2.24, 2.45) is 5.92 Å². The van der Waals surface area contributed by atoms with Gasteiger partial charge in [0.15, 0.2) is 5.82 Å². The Labute approximate surface area is 140 Å². The molecule has 2 bridgehead atoms. The fourth-order valence-electron chi connectivity index (χ4n) is 3.85. The first kappa shape index (κ1) is 15.1. The van der Waals surface area contributed by atoms with Gasteiger partial charge in [0, 0.05) is 31.9 Å². The van der Waals surface area contributed by atoms with E-state index in [2.05, 4.69) is 4.98 Å². The average molecular weight is 325 g/mol. The Morgan fingerprint density at radius 2 is 1.96 bits per heavy atom. The fourth-order valence-corrected chi connectivity index (χ4v) is 3.85. The zero-order chi connectivity index (χ0) is 16.5. The van der Waals surface area contributed by atoms with E-state index in [4.69, 9.17) is 0 Å². The van der Waals surface area contributed by atoms with Crippen molar-refractivity contribution in [1.29, 1.82) is 0 Å². The summed E-state index contributed by atoms with van der Waals surface area (Å²) in [5.41, 5.74) is 1.69. The lowest BCUT2D eigenvalue weighted by atomic mass is 9.93. The molecule has 1 aromatic carbocycles. The van der Waals surface area contributed by atoms with Crippen LogP contribution in [-0.2, 0) is 11.3 Å². The molecule has 0 saturated carbocycles. The number of hydrogen-bond donors (Lipinski definition) is 0. The highest BCUT2D eigenvalue weighted by molar-refractivity contribution is 5.81. The Balaban J connectivity index is 1.60. The number of nitrogens with zero attached hydrogens (tertiary/aromatic N) is 3. The highest BCUT2D eigenvalue weighted by Crippen LogP contribution is 2.33. The maximum atomic E-state index is 14.1. The van der Waals surface area contributed by atoms with Crippen molar-refractivity contribution >= 4 is 11.6 Å². The average Bonchev–Trinajstić information content (AvgIpc) is 2.89. The molecule has 4 heterocycles. The van der Waals surface area contributed by atoms with Gasteiger partial charge in [0.25, 0.3) is 0 Å². The number of amides is 1. The van der Waals surface area contributed by atoms with Crippen molar-refractivity contribution in [2.75, 3.05) is 18.0 Å². The summed E-state index contributed by atoms with van der Waals surface area (Å²) in [6, 6.07) is 11.9. The molecule has 0 unspecified atom stereocenters. The highest BCUT2D eigenvalue weighted by Gasteiger charge is 2.41. The molecule has 3 aliphatic rings. The van der Waals surface area contributed by atoms with Crippen molar-refractivity contribution < 1.29 is 9.18 Å². The summed E-state index contributed by atoms with van der Waals surface area (Å²) in [5, 5.41) is 0. The minimum absolute atomic E-state index is 0.0555. The van der Waals surface area contributed by atoms with Gasteiger partial charge in [-0.25, -0.2) is 4.39 Å². The molecule has 2 aromatic rings. The first-order valence-electron chi connectivity index (χ1n) is 8.41. The summed E-state index contributed by atoms with van der Waals surface area (Å²) in [6.07, 6.45) is 4.71. The normalized spacial score (nSPS) is 23.5. The molecule has 5 rings (SSSR count). The van der Waals surface area contributed by atoms with Crippen molar-refractivity contribution in [3.63, 3.8) is 0 Å². The number of rotatable bonds is 3. The fraction of sp³-hybridized carbons (Fsp3) is 0.368. The first-order valence-corrected chi connectivity index (χ1v) is 8.41. The minimum atomic E-state index is -0.319. The molecular formula is C19H20FN3O. The van der Waals surface area contributed by atoms with Crippen LogP contribution >= 0.6 is 0 Å². The maximum absolute atomic E-state index is 14.1. The standard InChI is InChI=1S/C19H20FN3O/c20-17-10-21-9-8-18(17)22-12-15-6-7-16(13-22)23(19(15)24)11-14-4-2-1-3-5-14/h1-5,8-10,15-16H,6-7,11-13H2/t15-,16+/m0/s1. The SMILES string of the molecule is O=C1[C@H]2CC[C@H](CN(c3ccncc3F)C2)N1Cc1ccccc1. The van der Waals surface area contributed by atoms with E-state index in [-0.39, 0.29) is 23.7 Å². The summed E-state index contributed by atoms with van der Waals surface area (Å²) < 4.78 is 14.1. The summed E-state index contributed by atoms with van der Waals surface area (Å²) in [4.78, 5) is 20.7. The van der Waals surface area contributed by atoms with E-state index in [1.165, 1.54) is 6.20 Å². The quantitative estimate of drug-likeness (QED) is 0.871. The molecule has 1 amide bonds. The molecular weight excluding hydrogens is 305 g/mol. The predicted octanol–water partition coefficient (Wildman–Crippen LogP) is 2.85. The molecule has 4 nitrogen and oxygen atoms in total. The number of piperidine rings is 1. The van der Waals surface area contributed by atoms with E-state index in [0.29, 0.717) is 25.3 Å². The lowest BCUT2D eigenvalue weighted by Crippen LogP contribution is -2.47. The second-order valence-electron chi connectivity index (χ2n) is 6.61. The molecule has 24 heavy (non-hydrogen) atoms. The van der Waals surface area contributed by atoms with Gasteiger partial charge in [-0.15, -0.1) is 0 Å². The summed E-state index contributed by atoms with van der Waals surface area (Å²) in [6.45, 7) is 1.89. The summed E-state index contributed by atoms with van der Waals surface area (Å²) in [7, 11) is 0. The second-order valence-corrected chi connectivity index (χ2v) is 6.61. The molecule has 5 heteroatoms. The Hall–Kier alpha value is -2.43. The number of carbonyl (C=O) groups is 1. The Bertz CT molecular complexity index is 736. The van der Waals surface area contributed by atoms with E-state index in [1.807, 2.05) is 40.1 Å². The number of carbonyl (C=O) groups excluding carboxylic acids is 1. The Kier molecular flexibility index (Phi) is 3.92. The minimum Gasteiger partial charge on any atom is -0.366 e. The molecule has 124 valence electrons. The third-order valence-corrected chi connectivity index (χ3v) is 5.08.